The standard InChI is InChI=1S/C17H14ClN3O2/c1-10-12(18)6-4-7-13(10)19-17(23)15-9-14(20-21-15)11-5-2-3-8-16(11)22/h2-9,22H,1H3,(H,19,23)(H,20,21). The average molecular weight is 328 g/mol. The highest BCUT2D eigenvalue weighted by molar-refractivity contribution is 6.31. The molecule has 1 heterocycles. The lowest BCUT2D eigenvalue weighted by molar-refractivity contribution is 0.102. The van der Waals surface area contributed by atoms with Gasteiger partial charge in [-0.05, 0) is 42.8 Å². The van der Waals surface area contributed by atoms with E-state index >= 15 is 0 Å². The summed E-state index contributed by atoms with van der Waals surface area (Å²) in [5.41, 5.74) is 2.78. The lowest BCUT2D eigenvalue weighted by Gasteiger charge is -2.08. The van der Waals surface area contributed by atoms with E-state index in [4.69, 9.17) is 11.6 Å². The number of anilines is 1. The fourth-order valence-electron chi connectivity index (χ4n) is 2.20. The molecule has 0 aliphatic carbocycles. The molecule has 0 bridgehead atoms. The molecule has 0 aliphatic rings. The maximum Gasteiger partial charge on any atom is 0.273 e. The lowest BCUT2D eigenvalue weighted by Crippen LogP contribution is -2.13. The minimum atomic E-state index is -0.329. The number of aromatic hydroxyl groups is 1. The maximum atomic E-state index is 12.3. The maximum absolute atomic E-state index is 12.3. The number of aromatic amines is 1. The summed E-state index contributed by atoms with van der Waals surface area (Å²) in [5, 5.41) is 20.0. The highest BCUT2D eigenvalue weighted by Gasteiger charge is 2.14. The molecule has 0 saturated heterocycles. The second-order valence-corrected chi connectivity index (χ2v) is 5.46. The second kappa shape index (κ2) is 6.14. The summed E-state index contributed by atoms with van der Waals surface area (Å²) >= 11 is 6.05. The van der Waals surface area contributed by atoms with Gasteiger partial charge in [-0.25, -0.2) is 0 Å². The Labute approximate surface area is 137 Å². The van der Waals surface area contributed by atoms with Crippen LogP contribution in [0.1, 0.15) is 16.1 Å². The smallest absolute Gasteiger partial charge is 0.273 e. The molecule has 116 valence electrons. The Morgan fingerprint density at radius 1 is 1.22 bits per heavy atom. The number of nitrogens with one attached hydrogen (secondary N) is 2. The van der Waals surface area contributed by atoms with E-state index in [-0.39, 0.29) is 11.7 Å². The number of phenols is 1. The van der Waals surface area contributed by atoms with Crippen LogP contribution in [0.15, 0.2) is 48.5 Å². The van der Waals surface area contributed by atoms with Gasteiger partial charge in [0.1, 0.15) is 11.4 Å². The molecule has 0 spiro atoms. The number of nitrogens with zero attached hydrogens (tertiary/aromatic N) is 1. The Morgan fingerprint density at radius 3 is 2.78 bits per heavy atom. The van der Waals surface area contributed by atoms with Crippen molar-refractivity contribution < 1.29 is 9.90 Å². The molecule has 0 radical (unpaired) electrons. The number of hydrogen-bond donors (Lipinski definition) is 3. The van der Waals surface area contributed by atoms with Gasteiger partial charge in [0.2, 0.25) is 0 Å². The van der Waals surface area contributed by atoms with Crippen LogP contribution in [0.3, 0.4) is 0 Å². The molecule has 1 amide bonds. The van der Waals surface area contributed by atoms with E-state index < -0.39 is 0 Å². The molecule has 1 aromatic heterocycles. The van der Waals surface area contributed by atoms with Crippen LogP contribution in [-0.4, -0.2) is 21.2 Å². The van der Waals surface area contributed by atoms with Gasteiger partial charge in [-0.3, -0.25) is 9.89 Å². The SMILES string of the molecule is Cc1c(Cl)cccc1NC(=O)c1cc(-c2ccccc2O)n[nH]1. The summed E-state index contributed by atoms with van der Waals surface area (Å²) in [6.45, 7) is 1.83. The number of carbonyl (C=O) groups excluding carboxylic acids is 1. The van der Waals surface area contributed by atoms with Gasteiger partial charge in [0.15, 0.2) is 0 Å². The molecular formula is C17H14ClN3O2. The molecule has 0 saturated carbocycles. The first-order valence-electron chi connectivity index (χ1n) is 6.96. The zero-order chi connectivity index (χ0) is 16.4. The lowest BCUT2D eigenvalue weighted by atomic mass is 10.1. The molecule has 0 atom stereocenters. The van der Waals surface area contributed by atoms with Crippen molar-refractivity contribution in [1.29, 1.82) is 0 Å². The Morgan fingerprint density at radius 2 is 2.00 bits per heavy atom. The highest BCUT2D eigenvalue weighted by Crippen LogP contribution is 2.28. The first kappa shape index (κ1) is 15.1. The van der Waals surface area contributed by atoms with Crippen LogP contribution >= 0.6 is 11.6 Å². The zero-order valence-electron chi connectivity index (χ0n) is 12.3. The van der Waals surface area contributed by atoms with Crippen LogP contribution < -0.4 is 5.32 Å². The molecule has 0 aliphatic heterocycles. The van der Waals surface area contributed by atoms with Crippen molar-refractivity contribution in [2.75, 3.05) is 5.32 Å². The molecule has 0 fully saturated rings. The van der Waals surface area contributed by atoms with Crippen molar-refractivity contribution in [1.82, 2.24) is 10.2 Å². The van der Waals surface area contributed by atoms with Gasteiger partial charge >= 0.3 is 0 Å². The van der Waals surface area contributed by atoms with E-state index in [1.165, 1.54) is 0 Å². The Kier molecular flexibility index (Phi) is 4.04. The molecular weight excluding hydrogens is 314 g/mol. The number of para-hydroxylation sites is 1. The summed E-state index contributed by atoms with van der Waals surface area (Å²) in [5.74, 6) is -0.221. The van der Waals surface area contributed by atoms with Crippen LogP contribution in [0.25, 0.3) is 11.3 Å². The monoisotopic (exact) mass is 327 g/mol. The Hall–Kier alpha value is -2.79. The second-order valence-electron chi connectivity index (χ2n) is 5.05. The van der Waals surface area contributed by atoms with E-state index in [9.17, 15) is 9.90 Å². The summed E-state index contributed by atoms with van der Waals surface area (Å²) in [6, 6.07) is 13.7. The van der Waals surface area contributed by atoms with E-state index in [0.717, 1.165) is 5.56 Å². The topological polar surface area (TPSA) is 78.0 Å². The van der Waals surface area contributed by atoms with E-state index in [2.05, 4.69) is 15.5 Å². The number of rotatable bonds is 3. The Bertz CT molecular complexity index is 874. The molecule has 3 rings (SSSR count). The van der Waals surface area contributed by atoms with E-state index in [1.807, 2.05) is 6.92 Å². The van der Waals surface area contributed by atoms with Crippen LogP contribution in [0.2, 0.25) is 5.02 Å². The summed E-state index contributed by atoms with van der Waals surface area (Å²) in [6.07, 6.45) is 0. The highest BCUT2D eigenvalue weighted by atomic mass is 35.5. The van der Waals surface area contributed by atoms with Gasteiger partial charge in [-0.15, -0.1) is 0 Å². The third kappa shape index (κ3) is 3.05. The number of aromatic nitrogens is 2. The third-order valence-corrected chi connectivity index (χ3v) is 3.93. The zero-order valence-corrected chi connectivity index (χ0v) is 13.1. The first-order valence-corrected chi connectivity index (χ1v) is 7.34. The van der Waals surface area contributed by atoms with Gasteiger partial charge in [0.25, 0.3) is 5.91 Å². The van der Waals surface area contributed by atoms with Gasteiger partial charge in [-0.1, -0.05) is 29.8 Å². The van der Waals surface area contributed by atoms with Gasteiger partial charge < -0.3 is 10.4 Å². The van der Waals surface area contributed by atoms with Gasteiger partial charge in [0.05, 0.1) is 5.69 Å². The van der Waals surface area contributed by atoms with Crippen LogP contribution in [0, 0.1) is 6.92 Å². The average Bonchev–Trinajstić information content (AvgIpc) is 3.02. The number of phenolic OH excluding ortho intramolecular Hbond substituents is 1. The van der Waals surface area contributed by atoms with E-state index in [0.29, 0.717) is 27.7 Å². The van der Waals surface area contributed by atoms with Crippen LogP contribution in [0.4, 0.5) is 5.69 Å². The fourth-order valence-corrected chi connectivity index (χ4v) is 2.37. The summed E-state index contributed by atoms with van der Waals surface area (Å²) in [7, 11) is 0. The minimum absolute atomic E-state index is 0.108. The molecule has 6 heteroatoms. The molecule has 3 aromatic rings. The first-order chi connectivity index (χ1) is 11.1. The minimum Gasteiger partial charge on any atom is -0.507 e. The van der Waals surface area contributed by atoms with Crippen molar-refractivity contribution >= 4 is 23.2 Å². The quantitative estimate of drug-likeness (QED) is 0.680. The fraction of sp³-hybridized carbons (Fsp3) is 0.0588. The molecule has 3 N–H and O–H groups in total. The van der Waals surface area contributed by atoms with Crippen LogP contribution in [-0.2, 0) is 0 Å². The third-order valence-electron chi connectivity index (χ3n) is 3.52. The molecule has 0 unspecified atom stereocenters. The predicted octanol–water partition coefficient (Wildman–Crippen LogP) is 4.00. The number of H-pyrrole nitrogens is 1. The Balaban J connectivity index is 1.84. The van der Waals surface area contributed by atoms with Gasteiger partial charge in [-0.2, -0.15) is 5.10 Å². The molecule has 23 heavy (non-hydrogen) atoms. The van der Waals surface area contributed by atoms with E-state index in [1.54, 1.807) is 48.5 Å². The number of benzene rings is 2. The van der Waals surface area contributed by atoms with Crippen molar-refractivity contribution in [3.63, 3.8) is 0 Å². The normalized spacial score (nSPS) is 10.5. The molecule has 2 aromatic carbocycles. The number of amides is 1. The van der Waals surface area contributed by atoms with Gasteiger partial charge in [0, 0.05) is 16.3 Å². The predicted molar refractivity (Wildman–Crippen MR) is 89.8 cm³/mol. The van der Waals surface area contributed by atoms with Crippen molar-refractivity contribution in [2.24, 2.45) is 0 Å². The molecule has 5 nitrogen and oxygen atoms in total. The number of hydrogen-bond acceptors (Lipinski definition) is 3. The van der Waals surface area contributed by atoms with Crippen molar-refractivity contribution in [3.05, 3.63) is 64.8 Å². The number of halogens is 1. The van der Waals surface area contributed by atoms with Crippen molar-refractivity contribution in [3.8, 4) is 17.0 Å². The number of carbonyl (C=O) groups is 1. The van der Waals surface area contributed by atoms with Crippen LogP contribution in [0.5, 0.6) is 5.75 Å². The summed E-state index contributed by atoms with van der Waals surface area (Å²) < 4.78 is 0. The summed E-state index contributed by atoms with van der Waals surface area (Å²) in [4.78, 5) is 12.3. The van der Waals surface area contributed by atoms with Crippen molar-refractivity contribution in [2.45, 2.75) is 6.92 Å². The largest absolute Gasteiger partial charge is 0.507 e.